The topological polar surface area (TPSA) is 49.3 Å². The average molecular weight is 261 g/mol. The van der Waals surface area contributed by atoms with Gasteiger partial charge in [-0.15, -0.1) is 0 Å². The van der Waals surface area contributed by atoms with E-state index < -0.39 is 23.9 Å². The molecule has 0 aromatic heterocycles. The monoisotopic (exact) mass is 261 g/mol. The smallest absolute Gasteiger partial charge is 0.416 e. The molecule has 0 fully saturated rings. The van der Waals surface area contributed by atoms with Crippen LogP contribution in [0.2, 0.25) is 0 Å². The lowest BCUT2D eigenvalue weighted by atomic mass is 9.94. The molecule has 3 nitrogen and oxygen atoms in total. The van der Waals surface area contributed by atoms with Gasteiger partial charge in [-0.2, -0.15) is 13.2 Å². The van der Waals surface area contributed by atoms with Crippen molar-refractivity contribution < 1.29 is 23.1 Å². The summed E-state index contributed by atoms with van der Waals surface area (Å²) in [5.74, 6) is 0. The van der Waals surface area contributed by atoms with Crippen molar-refractivity contribution in [1.29, 1.82) is 0 Å². The van der Waals surface area contributed by atoms with Crippen LogP contribution in [0.1, 0.15) is 35.2 Å². The summed E-state index contributed by atoms with van der Waals surface area (Å²) in [4.78, 5) is 10.5. The highest BCUT2D eigenvalue weighted by Gasteiger charge is 2.33. The summed E-state index contributed by atoms with van der Waals surface area (Å²) in [6, 6.07) is 1.93. The van der Waals surface area contributed by atoms with Gasteiger partial charge >= 0.3 is 12.3 Å². The SMILES string of the molecule is Cc1cc(C(C)NC(=O)O)c(C)c(C(F)(F)F)c1. The fourth-order valence-electron chi connectivity index (χ4n) is 1.89. The molecule has 100 valence electrons. The van der Waals surface area contributed by atoms with Gasteiger partial charge in [0.25, 0.3) is 0 Å². The molecule has 1 unspecified atom stereocenters. The quantitative estimate of drug-likeness (QED) is 0.853. The van der Waals surface area contributed by atoms with Crippen LogP contribution in [0.25, 0.3) is 0 Å². The minimum Gasteiger partial charge on any atom is -0.465 e. The second-order valence-electron chi connectivity index (χ2n) is 4.20. The molecule has 1 aromatic carbocycles. The first-order chi connectivity index (χ1) is 8.12. The number of hydrogen-bond donors (Lipinski definition) is 2. The van der Waals surface area contributed by atoms with Crippen LogP contribution in [0, 0.1) is 13.8 Å². The van der Waals surface area contributed by atoms with Crippen LogP contribution in [0.15, 0.2) is 12.1 Å². The average Bonchev–Trinajstić information content (AvgIpc) is 2.18. The van der Waals surface area contributed by atoms with E-state index in [1.54, 1.807) is 13.0 Å². The third-order valence-corrected chi connectivity index (χ3v) is 2.70. The van der Waals surface area contributed by atoms with Crippen molar-refractivity contribution in [2.45, 2.75) is 33.0 Å². The maximum atomic E-state index is 12.8. The third-order valence-electron chi connectivity index (χ3n) is 2.70. The fraction of sp³-hybridized carbons (Fsp3) is 0.417. The second kappa shape index (κ2) is 4.88. The highest BCUT2D eigenvalue weighted by Crippen LogP contribution is 2.35. The number of aryl methyl sites for hydroxylation is 1. The minimum atomic E-state index is -4.44. The van der Waals surface area contributed by atoms with E-state index in [0.717, 1.165) is 6.07 Å². The van der Waals surface area contributed by atoms with Crippen molar-refractivity contribution in [2.24, 2.45) is 0 Å². The molecule has 0 radical (unpaired) electrons. The predicted molar refractivity (Wildman–Crippen MR) is 60.5 cm³/mol. The molecule has 0 saturated carbocycles. The number of nitrogens with one attached hydrogen (secondary N) is 1. The van der Waals surface area contributed by atoms with Gasteiger partial charge in [0.05, 0.1) is 11.6 Å². The van der Waals surface area contributed by atoms with Crippen LogP contribution in [0.5, 0.6) is 0 Å². The van der Waals surface area contributed by atoms with Crippen LogP contribution < -0.4 is 5.32 Å². The number of carboxylic acid groups (broad SMARTS) is 1. The molecular formula is C12H14F3NO2. The Bertz CT molecular complexity index is 469. The molecule has 1 aromatic rings. The number of amides is 1. The fourth-order valence-corrected chi connectivity index (χ4v) is 1.89. The number of alkyl halides is 3. The number of rotatable bonds is 2. The van der Waals surface area contributed by atoms with Crippen molar-refractivity contribution >= 4 is 6.09 Å². The van der Waals surface area contributed by atoms with E-state index in [1.165, 1.54) is 13.8 Å². The van der Waals surface area contributed by atoms with Crippen LogP contribution in [0.3, 0.4) is 0 Å². The van der Waals surface area contributed by atoms with Crippen molar-refractivity contribution in [1.82, 2.24) is 5.32 Å². The van der Waals surface area contributed by atoms with Gasteiger partial charge < -0.3 is 10.4 Å². The van der Waals surface area contributed by atoms with E-state index in [9.17, 15) is 18.0 Å². The summed E-state index contributed by atoms with van der Waals surface area (Å²) < 4.78 is 38.4. The molecule has 1 atom stereocenters. The second-order valence-corrected chi connectivity index (χ2v) is 4.20. The first kappa shape index (κ1) is 14.3. The summed E-state index contributed by atoms with van der Waals surface area (Å²) in [6.45, 7) is 4.40. The van der Waals surface area contributed by atoms with Crippen LogP contribution in [-0.4, -0.2) is 11.2 Å². The molecule has 0 aliphatic heterocycles. The lowest BCUT2D eigenvalue weighted by Crippen LogP contribution is -2.25. The Labute approximate surface area is 103 Å². The van der Waals surface area contributed by atoms with E-state index in [1.807, 2.05) is 0 Å². The normalized spacial score (nSPS) is 13.2. The van der Waals surface area contributed by atoms with Gasteiger partial charge in [-0.3, -0.25) is 0 Å². The van der Waals surface area contributed by atoms with Crippen LogP contribution in [-0.2, 0) is 6.18 Å². The van der Waals surface area contributed by atoms with Crippen molar-refractivity contribution in [3.05, 3.63) is 34.4 Å². The summed E-state index contributed by atoms with van der Waals surface area (Å²) in [5.41, 5.74) is 0.109. The maximum absolute atomic E-state index is 12.8. The standard InChI is InChI=1S/C12H14F3NO2/c1-6-4-9(8(3)16-11(17)18)7(2)10(5-6)12(13,14)15/h4-5,8,16H,1-3H3,(H,17,18). The van der Waals surface area contributed by atoms with E-state index in [-0.39, 0.29) is 5.56 Å². The minimum absolute atomic E-state index is 0.0503. The molecule has 0 aliphatic carbocycles. The van der Waals surface area contributed by atoms with Gasteiger partial charge in [0.2, 0.25) is 0 Å². The zero-order valence-electron chi connectivity index (χ0n) is 10.2. The Hall–Kier alpha value is -1.72. The number of hydrogen-bond acceptors (Lipinski definition) is 1. The largest absolute Gasteiger partial charge is 0.465 e. The van der Waals surface area contributed by atoms with Gasteiger partial charge in [-0.05, 0) is 38.0 Å². The Kier molecular flexibility index (Phi) is 3.88. The van der Waals surface area contributed by atoms with Gasteiger partial charge in [0.15, 0.2) is 0 Å². The molecule has 1 amide bonds. The van der Waals surface area contributed by atoms with Crippen molar-refractivity contribution in [3.63, 3.8) is 0 Å². The zero-order valence-corrected chi connectivity index (χ0v) is 10.2. The molecule has 1 rings (SSSR count). The van der Waals surface area contributed by atoms with Crippen molar-refractivity contribution in [2.75, 3.05) is 0 Å². The van der Waals surface area contributed by atoms with E-state index in [0.29, 0.717) is 11.1 Å². The van der Waals surface area contributed by atoms with E-state index in [2.05, 4.69) is 5.32 Å². The highest BCUT2D eigenvalue weighted by atomic mass is 19.4. The molecule has 2 N–H and O–H groups in total. The molecular weight excluding hydrogens is 247 g/mol. The number of benzene rings is 1. The molecule has 0 bridgehead atoms. The highest BCUT2D eigenvalue weighted by molar-refractivity contribution is 5.65. The number of halogens is 3. The Morgan fingerprint density at radius 1 is 1.33 bits per heavy atom. The third kappa shape index (κ3) is 3.15. The molecule has 6 heteroatoms. The molecule has 0 heterocycles. The zero-order chi connectivity index (χ0) is 14.1. The maximum Gasteiger partial charge on any atom is 0.416 e. The van der Waals surface area contributed by atoms with Gasteiger partial charge in [-0.25, -0.2) is 4.79 Å². The van der Waals surface area contributed by atoms with Crippen LogP contribution in [0.4, 0.5) is 18.0 Å². The Morgan fingerprint density at radius 2 is 1.89 bits per heavy atom. The first-order valence-corrected chi connectivity index (χ1v) is 5.30. The van der Waals surface area contributed by atoms with E-state index in [4.69, 9.17) is 5.11 Å². The molecule has 0 saturated heterocycles. The van der Waals surface area contributed by atoms with Crippen molar-refractivity contribution in [3.8, 4) is 0 Å². The van der Waals surface area contributed by atoms with Crippen LogP contribution >= 0.6 is 0 Å². The molecule has 0 spiro atoms. The van der Waals surface area contributed by atoms with Gasteiger partial charge in [0, 0.05) is 0 Å². The lowest BCUT2D eigenvalue weighted by Gasteiger charge is -2.19. The summed E-state index contributed by atoms with van der Waals surface area (Å²) in [7, 11) is 0. The number of carbonyl (C=O) groups is 1. The van der Waals surface area contributed by atoms with Gasteiger partial charge in [0.1, 0.15) is 0 Å². The Morgan fingerprint density at radius 3 is 2.33 bits per heavy atom. The summed E-state index contributed by atoms with van der Waals surface area (Å²) in [6.07, 6.45) is -5.70. The van der Waals surface area contributed by atoms with E-state index >= 15 is 0 Å². The summed E-state index contributed by atoms with van der Waals surface area (Å²) >= 11 is 0. The molecule has 18 heavy (non-hydrogen) atoms. The molecule has 0 aliphatic rings. The predicted octanol–water partition coefficient (Wildman–Crippen LogP) is 3.65. The van der Waals surface area contributed by atoms with Gasteiger partial charge in [-0.1, -0.05) is 11.6 Å². The first-order valence-electron chi connectivity index (χ1n) is 5.30. The lowest BCUT2D eigenvalue weighted by molar-refractivity contribution is -0.138. The summed E-state index contributed by atoms with van der Waals surface area (Å²) in [5, 5.41) is 10.8. The Balaban J connectivity index is 3.29.